The zero-order chi connectivity index (χ0) is 11.5. The lowest BCUT2D eigenvalue weighted by molar-refractivity contribution is -0.142. The molecule has 0 aromatic rings. The molecular formula is C11H22N2O2. The molecule has 1 rings (SSSR count). The third kappa shape index (κ3) is 2.69. The van der Waals surface area contributed by atoms with E-state index in [0.717, 1.165) is 13.1 Å². The van der Waals surface area contributed by atoms with E-state index in [9.17, 15) is 4.79 Å². The van der Waals surface area contributed by atoms with Crippen LogP contribution < -0.4 is 10.6 Å². The number of methoxy groups -OCH3 is 1. The molecule has 0 aliphatic carbocycles. The number of nitrogens with one attached hydrogen (secondary N) is 2. The molecule has 88 valence electrons. The highest BCUT2D eigenvalue weighted by Gasteiger charge is 2.34. The minimum atomic E-state index is -0.692. The van der Waals surface area contributed by atoms with E-state index in [4.69, 9.17) is 4.74 Å². The van der Waals surface area contributed by atoms with Gasteiger partial charge in [0.05, 0.1) is 0 Å². The predicted octanol–water partition coefficient (Wildman–Crippen LogP) is 0.526. The standard InChI is InChI=1S/C11H22N2O2/c1-5-11(3,15-4)10(14)13-9-7-12-6-8(9)2/h8-9,12H,5-7H2,1-4H3,(H,13,14). The molecule has 1 heterocycles. The molecule has 1 aliphatic heterocycles. The Morgan fingerprint density at radius 1 is 1.60 bits per heavy atom. The number of amides is 1. The summed E-state index contributed by atoms with van der Waals surface area (Å²) in [6.45, 7) is 7.76. The minimum Gasteiger partial charge on any atom is -0.369 e. The molecule has 1 fully saturated rings. The molecule has 4 nitrogen and oxygen atoms in total. The van der Waals surface area contributed by atoms with Crippen molar-refractivity contribution in [2.45, 2.75) is 38.8 Å². The average molecular weight is 214 g/mol. The molecule has 4 heteroatoms. The molecule has 0 aromatic heterocycles. The Balaban J connectivity index is 2.54. The second kappa shape index (κ2) is 4.94. The van der Waals surface area contributed by atoms with Crippen LogP contribution in [-0.2, 0) is 9.53 Å². The Kier molecular flexibility index (Phi) is 4.11. The normalized spacial score (nSPS) is 29.9. The highest BCUT2D eigenvalue weighted by molar-refractivity contribution is 5.85. The molecule has 3 atom stereocenters. The summed E-state index contributed by atoms with van der Waals surface area (Å²) < 4.78 is 5.26. The van der Waals surface area contributed by atoms with E-state index >= 15 is 0 Å². The summed E-state index contributed by atoms with van der Waals surface area (Å²) in [6, 6.07) is 0.235. The second-order valence-electron chi connectivity index (χ2n) is 4.50. The van der Waals surface area contributed by atoms with E-state index in [1.165, 1.54) is 0 Å². The summed E-state index contributed by atoms with van der Waals surface area (Å²) in [5.41, 5.74) is -0.692. The van der Waals surface area contributed by atoms with Crippen molar-refractivity contribution in [1.82, 2.24) is 10.6 Å². The van der Waals surface area contributed by atoms with Gasteiger partial charge in [-0.3, -0.25) is 4.79 Å². The molecule has 0 aromatic carbocycles. The lowest BCUT2D eigenvalue weighted by Gasteiger charge is -2.28. The first-order valence-electron chi connectivity index (χ1n) is 5.60. The van der Waals surface area contributed by atoms with Crippen LogP contribution in [0.5, 0.6) is 0 Å². The van der Waals surface area contributed by atoms with Crippen LogP contribution in [0.1, 0.15) is 27.2 Å². The number of ether oxygens (including phenoxy) is 1. The summed E-state index contributed by atoms with van der Waals surface area (Å²) in [4.78, 5) is 12.0. The zero-order valence-electron chi connectivity index (χ0n) is 10.1. The van der Waals surface area contributed by atoms with Gasteiger partial charge >= 0.3 is 0 Å². The maximum absolute atomic E-state index is 12.0. The number of hydrogen-bond acceptors (Lipinski definition) is 3. The van der Waals surface area contributed by atoms with Gasteiger partial charge < -0.3 is 15.4 Å². The highest BCUT2D eigenvalue weighted by Crippen LogP contribution is 2.16. The van der Waals surface area contributed by atoms with Gasteiger partial charge in [-0.05, 0) is 25.8 Å². The number of rotatable bonds is 4. The molecule has 0 bridgehead atoms. The van der Waals surface area contributed by atoms with Crippen LogP contribution in [0, 0.1) is 5.92 Å². The summed E-state index contributed by atoms with van der Waals surface area (Å²) in [5.74, 6) is 0.486. The van der Waals surface area contributed by atoms with Gasteiger partial charge in [0.15, 0.2) is 0 Å². The van der Waals surface area contributed by atoms with Crippen molar-refractivity contribution in [1.29, 1.82) is 0 Å². The van der Waals surface area contributed by atoms with Crippen molar-refractivity contribution in [2.24, 2.45) is 5.92 Å². The van der Waals surface area contributed by atoms with Crippen molar-refractivity contribution < 1.29 is 9.53 Å². The smallest absolute Gasteiger partial charge is 0.252 e. The molecule has 1 saturated heterocycles. The Morgan fingerprint density at radius 2 is 2.27 bits per heavy atom. The van der Waals surface area contributed by atoms with Gasteiger partial charge in [-0.2, -0.15) is 0 Å². The fourth-order valence-electron chi connectivity index (χ4n) is 1.72. The number of carbonyl (C=O) groups excluding carboxylic acids is 1. The summed E-state index contributed by atoms with van der Waals surface area (Å²) >= 11 is 0. The van der Waals surface area contributed by atoms with Crippen LogP contribution in [0.3, 0.4) is 0 Å². The molecule has 3 unspecified atom stereocenters. The minimum absolute atomic E-state index is 0.00644. The lowest BCUT2D eigenvalue weighted by atomic mass is 10.00. The predicted molar refractivity (Wildman–Crippen MR) is 59.7 cm³/mol. The van der Waals surface area contributed by atoms with Crippen LogP contribution >= 0.6 is 0 Å². The van der Waals surface area contributed by atoms with Gasteiger partial charge in [-0.15, -0.1) is 0 Å². The van der Waals surface area contributed by atoms with E-state index in [1.807, 2.05) is 13.8 Å². The van der Waals surface area contributed by atoms with Gasteiger partial charge in [0.2, 0.25) is 0 Å². The fourth-order valence-corrected chi connectivity index (χ4v) is 1.72. The van der Waals surface area contributed by atoms with Crippen LogP contribution in [0.15, 0.2) is 0 Å². The average Bonchev–Trinajstić information content (AvgIpc) is 2.63. The second-order valence-corrected chi connectivity index (χ2v) is 4.50. The number of carbonyl (C=O) groups is 1. The maximum atomic E-state index is 12.0. The van der Waals surface area contributed by atoms with Gasteiger partial charge in [0.1, 0.15) is 5.60 Å². The summed E-state index contributed by atoms with van der Waals surface area (Å²) in [7, 11) is 1.58. The Labute approximate surface area is 91.8 Å². The maximum Gasteiger partial charge on any atom is 0.252 e. The van der Waals surface area contributed by atoms with Crippen molar-refractivity contribution >= 4 is 5.91 Å². The van der Waals surface area contributed by atoms with Gasteiger partial charge in [-0.25, -0.2) is 0 Å². The Hall–Kier alpha value is -0.610. The molecular weight excluding hydrogens is 192 g/mol. The fraction of sp³-hybridized carbons (Fsp3) is 0.909. The molecule has 1 aliphatic rings. The first-order chi connectivity index (χ1) is 7.03. The Morgan fingerprint density at radius 3 is 2.67 bits per heavy atom. The Bertz CT molecular complexity index is 227. The zero-order valence-corrected chi connectivity index (χ0v) is 10.1. The van der Waals surface area contributed by atoms with Crippen LogP contribution in [-0.4, -0.2) is 37.7 Å². The number of hydrogen-bond donors (Lipinski definition) is 2. The van der Waals surface area contributed by atoms with Crippen LogP contribution in [0.25, 0.3) is 0 Å². The van der Waals surface area contributed by atoms with Gasteiger partial charge in [-0.1, -0.05) is 13.8 Å². The quantitative estimate of drug-likeness (QED) is 0.717. The first-order valence-corrected chi connectivity index (χ1v) is 5.60. The van der Waals surface area contributed by atoms with E-state index in [-0.39, 0.29) is 11.9 Å². The lowest BCUT2D eigenvalue weighted by Crippen LogP contribution is -2.51. The molecule has 15 heavy (non-hydrogen) atoms. The molecule has 2 N–H and O–H groups in total. The highest BCUT2D eigenvalue weighted by atomic mass is 16.5. The third-order valence-corrected chi connectivity index (χ3v) is 3.44. The van der Waals surface area contributed by atoms with Crippen molar-refractivity contribution in [3.63, 3.8) is 0 Å². The molecule has 0 spiro atoms. The molecule has 1 amide bonds. The summed E-state index contributed by atoms with van der Waals surface area (Å²) in [5, 5.41) is 6.30. The monoisotopic (exact) mass is 214 g/mol. The molecule has 0 radical (unpaired) electrons. The van der Waals surface area contributed by atoms with Gasteiger partial charge in [0.25, 0.3) is 5.91 Å². The molecule has 0 saturated carbocycles. The van der Waals surface area contributed by atoms with E-state index in [0.29, 0.717) is 12.3 Å². The topological polar surface area (TPSA) is 50.4 Å². The van der Waals surface area contributed by atoms with Crippen molar-refractivity contribution in [2.75, 3.05) is 20.2 Å². The van der Waals surface area contributed by atoms with E-state index in [2.05, 4.69) is 17.6 Å². The van der Waals surface area contributed by atoms with Crippen molar-refractivity contribution in [3.05, 3.63) is 0 Å². The third-order valence-electron chi connectivity index (χ3n) is 3.44. The van der Waals surface area contributed by atoms with Crippen molar-refractivity contribution in [3.8, 4) is 0 Å². The first kappa shape index (κ1) is 12.5. The van der Waals surface area contributed by atoms with E-state index < -0.39 is 5.60 Å². The summed E-state index contributed by atoms with van der Waals surface area (Å²) in [6.07, 6.45) is 0.684. The largest absolute Gasteiger partial charge is 0.369 e. The van der Waals surface area contributed by atoms with E-state index in [1.54, 1.807) is 7.11 Å². The SMILES string of the molecule is CCC(C)(OC)C(=O)NC1CNCC1C. The van der Waals surface area contributed by atoms with Crippen LogP contribution in [0.4, 0.5) is 0 Å². The van der Waals surface area contributed by atoms with Crippen LogP contribution in [0.2, 0.25) is 0 Å². The van der Waals surface area contributed by atoms with Gasteiger partial charge in [0, 0.05) is 19.7 Å².